The lowest BCUT2D eigenvalue weighted by Crippen LogP contribution is -2.28. The maximum Gasteiger partial charge on any atom is 0.308 e. The lowest BCUT2D eigenvalue weighted by molar-refractivity contribution is -0.155. The normalized spacial score (nSPS) is 20.1. The highest BCUT2D eigenvalue weighted by Crippen LogP contribution is 2.34. The Morgan fingerprint density at radius 1 is 0.658 bits per heavy atom. The monoisotopic (exact) mass is 536 g/mol. The molecule has 1 aliphatic rings. The van der Waals surface area contributed by atoms with Gasteiger partial charge in [-0.05, 0) is 99.7 Å². The van der Waals surface area contributed by atoms with Crippen molar-refractivity contribution >= 4 is 11.9 Å². The molecule has 1 saturated carbocycles. The van der Waals surface area contributed by atoms with Crippen molar-refractivity contribution in [2.45, 2.75) is 158 Å². The maximum atomic E-state index is 12.6. The van der Waals surface area contributed by atoms with Gasteiger partial charge in [-0.3, -0.25) is 9.59 Å². The molecule has 1 aliphatic carbocycles. The topological polar surface area (TPSA) is 52.6 Å². The van der Waals surface area contributed by atoms with E-state index in [2.05, 4.69) is 55.4 Å². The summed E-state index contributed by atoms with van der Waals surface area (Å²) in [5.41, 5.74) is 0.796. The first-order chi connectivity index (χ1) is 17.9. The van der Waals surface area contributed by atoms with E-state index >= 15 is 0 Å². The van der Waals surface area contributed by atoms with Gasteiger partial charge in [0.2, 0.25) is 0 Å². The predicted octanol–water partition coefficient (Wildman–Crippen LogP) is 9.92. The molecule has 4 nitrogen and oxygen atoms in total. The minimum absolute atomic E-state index is 0.0543. The number of unbranched alkanes of at least 4 members (excludes halogenated alkanes) is 2. The summed E-state index contributed by atoms with van der Waals surface area (Å²) in [6.07, 6.45) is 17.2. The zero-order valence-electron chi connectivity index (χ0n) is 26.7. The summed E-state index contributed by atoms with van der Waals surface area (Å²) >= 11 is 0. The summed E-state index contributed by atoms with van der Waals surface area (Å²) < 4.78 is 11.3. The molecule has 0 radical (unpaired) electrons. The van der Waals surface area contributed by atoms with Gasteiger partial charge in [0, 0.05) is 0 Å². The molecule has 0 heterocycles. The van der Waals surface area contributed by atoms with Crippen LogP contribution < -0.4 is 0 Å². The Kier molecular flexibility index (Phi) is 16.9. The van der Waals surface area contributed by atoms with Crippen molar-refractivity contribution in [3.8, 4) is 0 Å². The molecule has 38 heavy (non-hydrogen) atoms. The molecule has 0 aromatic rings. The molecule has 2 unspecified atom stereocenters. The van der Waals surface area contributed by atoms with Crippen LogP contribution in [0.3, 0.4) is 0 Å². The zero-order valence-corrected chi connectivity index (χ0v) is 26.7. The van der Waals surface area contributed by atoms with Crippen molar-refractivity contribution in [2.75, 3.05) is 13.2 Å². The molecule has 0 amide bonds. The van der Waals surface area contributed by atoms with E-state index in [-0.39, 0.29) is 23.8 Å². The van der Waals surface area contributed by atoms with E-state index in [4.69, 9.17) is 9.47 Å². The van der Waals surface area contributed by atoms with E-state index < -0.39 is 0 Å². The number of hydrogen-bond donors (Lipinski definition) is 0. The highest BCUT2D eigenvalue weighted by molar-refractivity contribution is 5.75. The van der Waals surface area contributed by atoms with Gasteiger partial charge in [0.25, 0.3) is 0 Å². The molecule has 0 aliphatic heterocycles. The van der Waals surface area contributed by atoms with Crippen LogP contribution in [-0.4, -0.2) is 25.2 Å². The number of carbonyl (C=O) groups is 2. The molecule has 0 bridgehead atoms. The van der Waals surface area contributed by atoms with Crippen LogP contribution in [0.1, 0.15) is 158 Å². The number of hydrogen-bond acceptors (Lipinski definition) is 4. The van der Waals surface area contributed by atoms with Gasteiger partial charge in [0.1, 0.15) is 0 Å². The van der Waals surface area contributed by atoms with E-state index in [0.717, 1.165) is 51.4 Å². The van der Waals surface area contributed by atoms with Crippen LogP contribution in [0.2, 0.25) is 0 Å². The highest BCUT2D eigenvalue weighted by Gasteiger charge is 2.31. The molecular formula is C34H64O4. The van der Waals surface area contributed by atoms with Crippen molar-refractivity contribution in [3.05, 3.63) is 0 Å². The molecular weight excluding hydrogens is 472 g/mol. The second-order valence-electron chi connectivity index (χ2n) is 14.3. The van der Waals surface area contributed by atoms with Gasteiger partial charge in [0.15, 0.2) is 0 Å². The van der Waals surface area contributed by atoms with Gasteiger partial charge >= 0.3 is 11.9 Å². The molecule has 0 N–H and O–H groups in total. The molecule has 1 rings (SSSR count). The van der Waals surface area contributed by atoms with Gasteiger partial charge in [-0.2, -0.15) is 0 Å². The van der Waals surface area contributed by atoms with Gasteiger partial charge in [-0.25, -0.2) is 0 Å². The Morgan fingerprint density at radius 2 is 1.00 bits per heavy atom. The molecule has 1 fully saturated rings. The largest absolute Gasteiger partial charge is 0.465 e. The summed E-state index contributed by atoms with van der Waals surface area (Å²) in [6, 6.07) is 0. The SMILES string of the molecule is CCCCC(C)(C)CC(C)CCCOC(=O)C1CCC(C(=O)OCCCC(C)CC(C)(C)CCCC)CC1. The number of esters is 2. The second-order valence-corrected chi connectivity index (χ2v) is 14.3. The van der Waals surface area contributed by atoms with E-state index in [9.17, 15) is 9.59 Å². The number of ether oxygens (including phenoxy) is 2. The summed E-state index contributed by atoms with van der Waals surface area (Å²) in [4.78, 5) is 25.1. The Hall–Kier alpha value is -1.06. The van der Waals surface area contributed by atoms with Crippen molar-refractivity contribution in [1.29, 1.82) is 0 Å². The quantitative estimate of drug-likeness (QED) is 0.115. The molecule has 4 heteroatoms. The van der Waals surface area contributed by atoms with Crippen LogP contribution in [0.25, 0.3) is 0 Å². The fourth-order valence-corrected chi connectivity index (χ4v) is 6.62. The minimum atomic E-state index is -0.0661. The van der Waals surface area contributed by atoms with Crippen LogP contribution in [0.5, 0.6) is 0 Å². The van der Waals surface area contributed by atoms with Crippen LogP contribution in [0.15, 0.2) is 0 Å². The number of rotatable bonds is 20. The van der Waals surface area contributed by atoms with Crippen LogP contribution in [-0.2, 0) is 19.1 Å². The van der Waals surface area contributed by atoms with Crippen molar-refractivity contribution in [2.24, 2.45) is 34.5 Å². The summed E-state index contributed by atoms with van der Waals surface area (Å²) in [7, 11) is 0. The Morgan fingerprint density at radius 3 is 1.32 bits per heavy atom. The van der Waals surface area contributed by atoms with Gasteiger partial charge in [-0.1, -0.05) is 81.1 Å². The Labute approximate surface area is 236 Å². The summed E-state index contributed by atoms with van der Waals surface area (Å²) in [5.74, 6) is 1.07. The average molecular weight is 537 g/mol. The molecule has 0 aromatic carbocycles. The first kappa shape index (κ1) is 35.0. The smallest absolute Gasteiger partial charge is 0.308 e. The van der Waals surface area contributed by atoms with Crippen molar-refractivity contribution < 1.29 is 19.1 Å². The van der Waals surface area contributed by atoms with Crippen molar-refractivity contribution in [3.63, 3.8) is 0 Å². The fourth-order valence-electron chi connectivity index (χ4n) is 6.62. The lowest BCUT2D eigenvalue weighted by atomic mass is 9.78. The Bertz CT molecular complexity index is 589. The van der Waals surface area contributed by atoms with Gasteiger partial charge in [-0.15, -0.1) is 0 Å². The molecule has 2 atom stereocenters. The van der Waals surface area contributed by atoms with E-state index in [1.807, 2.05) is 0 Å². The summed E-state index contributed by atoms with van der Waals surface area (Å²) in [5, 5.41) is 0. The highest BCUT2D eigenvalue weighted by atomic mass is 16.5. The third-order valence-corrected chi connectivity index (χ3v) is 8.78. The van der Waals surface area contributed by atoms with E-state index in [1.54, 1.807) is 0 Å². The second kappa shape index (κ2) is 18.3. The molecule has 0 aromatic heterocycles. The molecule has 0 saturated heterocycles. The van der Waals surface area contributed by atoms with Gasteiger partial charge in [0.05, 0.1) is 25.0 Å². The first-order valence-electron chi connectivity index (χ1n) is 16.2. The molecule has 0 spiro atoms. The third-order valence-electron chi connectivity index (χ3n) is 8.78. The van der Waals surface area contributed by atoms with Crippen LogP contribution in [0.4, 0.5) is 0 Å². The standard InChI is InChI=1S/C34H64O4/c1-9-11-21-33(5,6)25-27(3)15-13-23-37-31(35)29-17-19-30(20-18-29)32(36)38-24-14-16-28(4)26-34(7,8)22-12-10-2/h27-30H,9-26H2,1-8H3. The van der Waals surface area contributed by atoms with Crippen LogP contribution in [0, 0.1) is 34.5 Å². The first-order valence-corrected chi connectivity index (χ1v) is 16.2. The predicted molar refractivity (Wildman–Crippen MR) is 160 cm³/mol. The molecule has 224 valence electrons. The third kappa shape index (κ3) is 15.5. The average Bonchev–Trinajstić information content (AvgIpc) is 2.86. The van der Waals surface area contributed by atoms with Crippen LogP contribution >= 0.6 is 0 Å². The fraction of sp³-hybridized carbons (Fsp3) is 0.941. The minimum Gasteiger partial charge on any atom is -0.465 e. The Balaban J connectivity index is 2.18. The summed E-state index contributed by atoms with van der Waals surface area (Å²) in [6.45, 7) is 19.7. The zero-order chi connectivity index (χ0) is 28.6. The number of carbonyl (C=O) groups excluding carboxylic acids is 2. The van der Waals surface area contributed by atoms with E-state index in [0.29, 0.717) is 35.9 Å². The maximum absolute atomic E-state index is 12.6. The van der Waals surface area contributed by atoms with Gasteiger partial charge < -0.3 is 9.47 Å². The lowest BCUT2D eigenvalue weighted by Gasteiger charge is -2.28. The van der Waals surface area contributed by atoms with Crippen molar-refractivity contribution in [1.82, 2.24) is 0 Å². The van der Waals surface area contributed by atoms with E-state index in [1.165, 1.54) is 51.4 Å².